The van der Waals surface area contributed by atoms with Crippen molar-refractivity contribution >= 4 is 21.6 Å². The number of fused-ring (bicyclic) bond motifs is 2. The van der Waals surface area contributed by atoms with Gasteiger partial charge in [-0.2, -0.15) is 0 Å². The molecule has 2 N–H and O–H groups in total. The summed E-state index contributed by atoms with van der Waals surface area (Å²) in [6.45, 7) is 2.71. The van der Waals surface area contributed by atoms with Crippen LogP contribution in [0, 0.1) is 0 Å². The zero-order valence-electron chi connectivity index (χ0n) is 13.8. The molecule has 4 nitrogen and oxygen atoms in total. The van der Waals surface area contributed by atoms with Crippen LogP contribution in [0.1, 0.15) is 48.3 Å². The third-order valence-corrected chi connectivity index (χ3v) is 5.71. The number of nitrogens with one attached hydrogen (secondary N) is 2. The molecule has 0 bridgehead atoms. The maximum Gasteiger partial charge on any atom is 0.268 e. The van der Waals surface area contributed by atoms with E-state index in [1.54, 1.807) is 0 Å². The van der Waals surface area contributed by atoms with E-state index in [2.05, 4.69) is 40.4 Å². The van der Waals surface area contributed by atoms with Crippen molar-refractivity contribution in [1.29, 1.82) is 0 Å². The van der Waals surface area contributed by atoms with Crippen LogP contribution in [0.2, 0.25) is 0 Å². The Hall–Kier alpha value is -1.98. The summed E-state index contributed by atoms with van der Waals surface area (Å²) in [6.07, 6.45) is 5.01. The fourth-order valence-corrected chi connectivity index (χ4v) is 4.12. The molecule has 0 fully saturated rings. The second-order valence-electron chi connectivity index (χ2n) is 6.49. The van der Waals surface area contributed by atoms with Crippen LogP contribution in [0.4, 0.5) is 0 Å². The molecule has 24 heavy (non-hydrogen) atoms. The molecular weight excluding hydrogens is 318 g/mol. The molecule has 0 unspecified atom stereocenters. The maximum atomic E-state index is 12.0. The lowest BCUT2D eigenvalue weighted by Crippen LogP contribution is -2.22. The monoisotopic (exact) mass is 339 g/mol. The van der Waals surface area contributed by atoms with E-state index < -0.39 is 0 Å². The van der Waals surface area contributed by atoms with Crippen LogP contribution < -0.4 is 10.9 Å². The first-order valence-corrected chi connectivity index (χ1v) is 9.40. The van der Waals surface area contributed by atoms with Crippen molar-refractivity contribution in [2.24, 2.45) is 0 Å². The number of rotatable bonds is 4. The van der Waals surface area contributed by atoms with Crippen LogP contribution in [0.5, 0.6) is 0 Å². The molecule has 0 amide bonds. The summed E-state index contributed by atoms with van der Waals surface area (Å²) in [7, 11) is 0. The molecule has 0 saturated carbocycles. The largest absolute Gasteiger partial charge is 0.308 e. The Morgan fingerprint density at radius 2 is 2.08 bits per heavy atom. The minimum Gasteiger partial charge on any atom is -0.308 e. The van der Waals surface area contributed by atoms with Gasteiger partial charge in [-0.05, 0) is 60.7 Å². The lowest BCUT2D eigenvalue weighted by atomic mass is 9.89. The number of hydrogen-bond donors (Lipinski definition) is 2. The fourth-order valence-electron chi connectivity index (χ4n) is 3.40. The number of hydrogen-bond acceptors (Lipinski definition) is 4. The van der Waals surface area contributed by atoms with Crippen molar-refractivity contribution in [3.63, 3.8) is 0 Å². The zero-order valence-corrected chi connectivity index (χ0v) is 14.6. The Morgan fingerprint density at radius 1 is 1.25 bits per heavy atom. The number of benzene rings is 1. The standard InChI is InChI=1S/C19H21N3OS/c1-12(14-7-6-13-4-2-3-5-15(13)10-14)20-11-17-21-16-8-9-24-18(16)19(23)22-17/h6-10,12,20H,2-5,11H2,1H3,(H,21,22,23)/t12-/m1/s1. The first-order valence-electron chi connectivity index (χ1n) is 8.52. The highest BCUT2D eigenvalue weighted by atomic mass is 32.1. The maximum absolute atomic E-state index is 12.0. The highest BCUT2D eigenvalue weighted by Gasteiger charge is 2.13. The summed E-state index contributed by atoms with van der Waals surface area (Å²) in [4.78, 5) is 19.4. The van der Waals surface area contributed by atoms with E-state index in [0.29, 0.717) is 17.1 Å². The number of aromatic amines is 1. The number of H-pyrrole nitrogens is 1. The molecular formula is C19H21N3OS. The Bertz CT molecular complexity index is 928. The van der Waals surface area contributed by atoms with Gasteiger partial charge in [0.25, 0.3) is 5.56 Å². The SMILES string of the molecule is C[C@@H](NCc1nc2ccsc2c(=O)[nH]1)c1ccc2c(c1)CCCC2. The fraction of sp³-hybridized carbons (Fsp3) is 0.368. The summed E-state index contributed by atoms with van der Waals surface area (Å²) >= 11 is 1.43. The van der Waals surface area contributed by atoms with E-state index in [4.69, 9.17) is 0 Å². The van der Waals surface area contributed by atoms with Gasteiger partial charge in [0.1, 0.15) is 10.5 Å². The molecule has 124 valence electrons. The zero-order chi connectivity index (χ0) is 16.5. The van der Waals surface area contributed by atoms with E-state index in [-0.39, 0.29) is 11.6 Å². The number of aromatic nitrogens is 2. The van der Waals surface area contributed by atoms with E-state index in [1.807, 2.05) is 11.4 Å². The van der Waals surface area contributed by atoms with Gasteiger partial charge in [-0.25, -0.2) is 4.98 Å². The molecule has 0 saturated heterocycles. The van der Waals surface area contributed by atoms with E-state index >= 15 is 0 Å². The molecule has 2 heterocycles. The first-order chi connectivity index (χ1) is 11.7. The van der Waals surface area contributed by atoms with Crippen molar-refractivity contribution < 1.29 is 0 Å². The Morgan fingerprint density at radius 3 is 2.96 bits per heavy atom. The molecule has 1 atom stereocenters. The van der Waals surface area contributed by atoms with Gasteiger partial charge in [0.2, 0.25) is 0 Å². The van der Waals surface area contributed by atoms with Gasteiger partial charge >= 0.3 is 0 Å². The molecule has 3 aromatic rings. The van der Waals surface area contributed by atoms with Gasteiger partial charge in [-0.15, -0.1) is 11.3 Å². The van der Waals surface area contributed by atoms with Crippen molar-refractivity contribution in [2.45, 2.75) is 45.2 Å². The van der Waals surface area contributed by atoms with E-state index in [1.165, 1.54) is 53.7 Å². The lowest BCUT2D eigenvalue weighted by molar-refractivity contribution is 0.558. The molecule has 0 aliphatic heterocycles. The van der Waals surface area contributed by atoms with Crippen LogP contribution in [0.3, 0.4) is 0 Å². The molecule has 0 spiro atoms. The lowest BCUT2D eigenvalue weighted by Gasteiger charge is -2.20. The third-order valence-electron chi connectivity index (χ3n) is 4.81. The average Bonchev–Trinajstić information content (AvgIpc) is 3.08. The van der Waals surface area contributed by atoms with E-state index in [0.717, 1.165) is 5.52 Å². The summed E-state index contributed by atoms with van der Waals surface area (Å²) in [6, 6.07) is 8.95. The Labute approximate surface area is 145 Å². The smallest absolute Gasteiger partial charge is 0.268 e. The minimum absolute atomic E-state index is 0.0479. The van der Waals surface area contributed by atoms with Gasteiger partial charge in [-0.3, -0.25) is 4.79 Å². The topological polar surface area (TPSA) is 57.8 Å². The van der Waals surface area contributed by atoms with Gasteiger partial charge < -0.3 is 10.3 Å². The van der Waals surface area contributed by atoms with Crippen molar-refractivity contribution in [3.05, 3.63) is 62.5 Å². The Balaban J connectivity index is 1.49. The number of thiophene rings is 1. The predicted molar refractivity (Wildman–Crippen MR) is 98.6 cm³/mol. The van der Waals surface area contributed by atoms with E-state index in [9.17, 15) is 4.79 Å². The average molecular weight is 339 g/mol. The number of aryl methyl sites for hydroxylation is 2. The molecule has 1 aliphatic rings. The van der Waals surface area contributed by atoms with Crippen LogP contribution in [-0.4, -0.2) is 9.97 Å². The molecule has 1 aromatic carbocycles. The van der Waals surface area contributed by atoms with Gasteiger partial charge in [-0.1, -0.05) is 18.2 Å². The van der Waals surface area contributed by atoms with Crippen molar-refractivity contribution in [1.82, 2.24) is 15.3 Å². The number of nitrogens with zero attached hydrogens (tertiary/aromatic N) is 1. The molecule has 4 rings (SSSR count). The second kappa shape index (κ2) is 6.49. The minimum atomic E-state index is -0.0479. The normalized spacial score (nSPS) is 15.4. The molecule has 5 heteroatoms. The summed E-state index contributed by atoms with van der Waals surface area (Å²) in [5.41, 5.74) is 5.04. The molecule has 2 aromatic heterocycles. The first kappa shape index (κ1) is 15.5. The third kappa shape index (κ3) is 3.01. The van der Waals surface area contributed by atoms with Gasteiger partial charge in [0, 0.05) is 6.04 Å². The van der Waals surface area contributed by atoms with Crippen LogP contribution >= 0.6 is 11.3 Å². The highest BCUT2D eigenvalue weighted by Crippen LogP contribution is 2.24. The van der Waals surface area contributed by atoms with Crippen LogP contribution in [-0.2, 0) is 19.4 Å². The Kier molecular flexibility index (Phi) is 4.21. The van der Waals surface area contributed by atoms with Gasteiger partial charge in [0.05, 0.1) is 12.1 Å². The van der Waals surface area contributed by atoms with Gasteiger partial charge in [0.15, 0.2) is 0 Å². The molecule has 1 aliphatic carbocycles. The van der Waals surface area contributed by atoms with Crippen LogP contribution in [0.15, 0.2) is 34.4 Å². The highest BCUT2D eigenvalue weighted by molar-refractivity contribution is 7.17. The molecule has 0 radical (unpaired) electrons. The van der Waals surface area contributed by atoms with Crippen molar-refractivity contribution in [3.8, 4) is 0 Å². The van der Waals surface area contributed by atoms with Crippen LogP contribution in [0.25, 0.3) is 10.2 Å². The van der Waals surface area contributed by atoms with Crippen molar-refractivity contribution in [2.75, 3.05) is 0 Å². The predicted octanol–water partition coefficient (Wildman–Crippen LogP) is 3.71. The summed E-state index contributed by atoms with van der Waals surface area (Å²) in [5.74, 6) is 0.690. The summed E-state index contributed by atoms with van der Waals surface area (Å²) in [5, 5.41) is 5.38. The quantitative estimate of drug-likeness (QED) is 0.762. The second-order valence-corrected chi connectivity index (χ2v) is 7.40. The summed E-state index contributed by atoms with van der Waals surface area (Å²) < 4.78 is 0.696.